The third-order valence-corrected chi connectivity index (χ3v) is 4.74. The lowest BCUT2D eigenvalue weighted by atomic mass is 10.1. The topological polar surface area (TPSA) is 53.0 Å². The summed E-state index contributed by atoms with van der Waals surface area (Å²) in [4.78, 5) is 12.7. The van der Waals surface area contributed by atoms with E-state index in [1.807, 2.05) is 24.3 Å². The standard InChI is InChI=1S/C23H26N2O3/c26-19-25(27)13-1-2-20-3-5-21(6-4-20)7-8-22-9-11-23(12-10-22)18-24-14-16-28-17-15-24/h3-6,9-12,19,27H,1-2,13-18H2. The first-order valence-electron chi connectivity index (χ1n) is 9.64. The van der Waals surface area contributed by atoms with Crippen LogP contribution in [0, 0.1) is 11.8 Å². The smallest absolute Gasteiger partial charge is 0.233 e. The SMILES string of the molecule is O=CN(O)CCCc1ccc(C#Cc2ccc(CN3CCOCC3)cc2)cc1. The van der Waals surface area contributed by atoms with Gasteiger partial charge in [-0.15, -0.1) is 0 Å². The molecule has 1 N–H and O–H groups in total. The van der Waals surface area contributed by atoms with Crippen LogP contribution in [0.25, 0.3) is 0 Å². The lowest BCUT2D eigenvalue weighted by Gasteiger charge is -2.26. The van der Waals surface area contributed by atoms with Crippen LogP contribution in [-0.2, 0) is 22.5 Å². The highest BCUT2D eigenvalue weighted by molar-refractivity contribution is 5.45. The number of rotatable bonds is 7. The minimum Gasteiger partial charge on any atom is -0.379 e. The molecule has 1 saturated heterocycles. The van der Waals surface area contributed by atoms with Gasteiger partial charge in [0.1, 0.15) is 0 Å². The molecule has 28 heavy (non-hydrogen) atoms. The average Bonchev–Trinajstić information content (AvgIpc) is 2.75. The van der Waals surface area contributed by atoms with E-state index in [1.165, 1.54) is 5.56 Å². The summed E-state index contributed by atoms with van der Waals surface area (Å²) in [6.45, 7) is 4.92. The Hall–Kier alpha value is -2.65. The van der Waals surface area contributed by atoms with Crippen LogP contribution in [0.4, 0.5) is 0 Å². The van der Waals surface area contributed by atoms with Crippen molar-refractivity contribution in [3.63, 3.8) is 0 Å². The van der Waals surface area contributed by atoms with Gasteiger partial charge in [-0.3, -0.25) is 14.9 Å². The molecule has 0 radical (unpaired) electrons. The van der Waals surface area contributed by atoms with E-state index in [0.29, 0.717) is 18.0 Å². The van der Waals surface area contributed by atoms with E-state index in [0.717, 1.165) is 62.4 Å². The van der Waals surface area contributed by atoms with Crippen LogP contribution >= 0.6 is 0 Å². The maximum absolute atomic E-state index is 10.3. The van der Waals surface area contributed by atoms with E-state index >= 15 is 0 Å². The molecule has 0 unspecified atom stereocenters. The van der Waals surface area contributed by atoms with Gasteiger partial charge in [0, 0.05) is 37.3 Å². The molecule has 0 saturated carbocycles. The quantitative estimate of drug-likeness (QED) is 0.348. The second kappa shape index (κ2) is 10.6. The van der Waals surface area contributed by atoms with Gasteiger partial charge in [-0.05, 0) is 48.2 Å². The molecule has 1 amide bonds. The fourth-order valence-electron chi connectivity index (χ4n) is 3.11. The Labute approximate surface area is 166 Å². The lowest BCUT2D eigenvalue weighted by molar-refractivity contribution is -0.149. The van der Waals surface area contributed by atoms with Gasteiger partial charge in [0.25, 0.3) is 0 Å². The Bertz CT molecular complexity index is 800. The molecule has 2 aromatic carbocycles. The van der Waals surface area contributed by atoms with Crippen molar-refractivity contribution in [3.05, 3.63) is 70.8 Å². The third kappa shape index (κ3) is 6.50. The highest BCUT2D eigenvalue weighted by atomic mass is 16.5. The van der Waals surface area contributed by atoms with Crippen LogP contribution in [0.2, 0.25) is 0 Å². The first-order valence-corrected chi connectivity index (χ1v) is 9.64. The van der Waals surface area contributed by atoms with Crippen LogP contribution in [0.1, 0.15) is 28.7 Å². The van der Waals surface area contributed by atoms with E-state index in [-0.39, 0.29) is 0 Å². The molecule has 1 fully saturated rings. The highest BCUT2D eigenvalue weighted by Crippen LogP contribution is 2.10. The molecule has 5 heteroatoms. The number of carbonyl (C=O) groups is 1. The Kier molecular flexibility index (Phi) is 7.62. The van der Waals surface area contributed by atoms with Crippen LogP contribution in [0.15, 0.2) is 48.5 Å². The molecule has 0 bridgehead atoms. The van der Waals surface area contributed by atoms with Crippen molar-refractivity contribution in [2.24, 2.45) is 0 Å². The van der Waals surface area contributed by atoms with E-state index in [4.69, 9.17) is 9.94 Å². The number of morpholine rings is 1. The first kappa shape index (κ1) is 20.1. The Morgan fingerprint density at radius 1 is 0.964 bits per heavy atom. The molecule has 0 spiro atoms. The molecule has 1 aliphatic rings. The molecule has 0 atom stereocenters. The van der Waals surface area contributed by atoms with Gasteiger partial charge in [-0.1, -0.05) is 36.1 Å². The Morgan fingerprint density at radius 2 is 1.54 bits per heavy atom. The number of nitrogens with zero attached hydrogens (tertiary/aromatic N) is 2. The Balaban J connectivity index is 1.50. The van der Waals surface area contributed by atoms with Crippen LogP contribution in [0.3, 0.4) is 0 Å². The summed E-state index contributed by atoms with van der Waals surface area (Å²) in [7, 11) is 0. The summed E-state index contributed by atoms with van der Waals surface area (Å²) in [6, 6.07) is 16.5. The zero-order valence-corrected chi connectivity index (χ0v) is 16.0. The van der Waals surface area contributed by atoms with Gasteiger partial charge in [0.15, 0.2) is 0 Å². The van der Waals surface area contributed by atoms with Crippen molar-refractivity contribution < 1.29 is 14.7 Å². The molecular weight excluding hydrogens is 352 g/mol. The van der Waals surface area contributed by atoms with Gasteiger partial charge in [-0.2, -0.15) is 0 Å². The molecule has 3 rings (SSSR count). The van der Waals surface area contributed by atoms with E-state index in [2.05, 4.69) is 41.0 Å². The molecule has 146 valence electrons. The van der Waals surface area contributed by atoms with E-state index in [9.17, 15) is 4.79 Å². The third-order valence-electron chi connectivity index (χ3n) is 4.74. The zero-order valence-electron chi connectivity index (χ0n) is 16.0. The number of carbonyl (C=O) groups excluding carboxylic acids is 1. The molecule has 0 aromatic heterocycles. The van der Waals surface area contributed by atoms with Gasteiger partial charge in [0.2, 0.25) is 6.41 Å². The van der Waals surface area contributed by atoms with Crippen molar-refractivity contribution in [2.75, 3.05) is 32.8 Å². The van der Waals surface area contributed by atoms with Crippen LogP contribution < -0.4 is 0 Å². The van der Waals surface area contributed by atoms with Crippen molar-refractivity contribution in [2.45, 2.75) is 19.4 Å². The summed E-state index contributed by atoms with van der Waals surface area (Å²) >= 11 is 0. The van der Waals surface area contributed by atoms with Gasteiger partial charge < -0.3 is 4.74 Å². The summed E-state index contributed by atoms with van der Waals surface area (Å²) in [5.74, 6) is 6.42. The molecule has 1 heterocycles. The normalized spacial score (nSPS) is 14.2. The van der Waals surface area contributed by atoms with Gasteiger partial charge in [-0.25, -0.2) is 5.06 Å². The first-order chi connectivity index (χ1) is 13.7. The maximum atomic E-state index is 10.3. The van der Waals surface area contributed by atoms with Crippen molar-refractivity contribution >= 4 is 6.41 Å². The summed E-state index contributed by atoms with van der Waals surface area (Å²) in [6.07, 6.45) is 1.95. The second-order valence-corrected chi connectivity index (χ2v) is 6.90. The zero-order chi connectivity index (χ0) is 19.6. The number of benzene rings is 2. The lowest BCUT2D eigenvalue weighted by Crippen LogP contribution is -2.35. The number of ether oxygens (including phenoxy) is 1. The monoisotopic (exact) mass is 378 g/mol. The highest BCUT2D eigenvalue weighted by Gasteiger charge is 2.10. The van der Waals surface area contributed by atoms with E-state index < -0.39 is 0 Å². The van der Waals surface area contributed by atoms with Crippen molar-refractivity contribution in [1.29, 1.82) is 0 Å². The van der Waals surface area contributed by atoms with Crippen molar-refractivity contribution in [3.8, 4) is 11.8 Å². The maximum Gasteiger partial charge on any atom is 0.233 e. The van der Waals surface area contributed by atoms with Crippen LogP contribution in [0.5, 0.6) is 0 Å². The number of hydrogen-bond acceptors (Lipinski definition) is 4. The molecule has 2 aromatic rings. The Morgan fingerprint density at radius 3 is 2.11 bits per heavy atom. The van der Waals surface area contributed by atoms with Crippen molar-refractivity contribution in [1.82, 2.24) is 9.96 Å². The molecule has 0 aliphatic carbocycles. The summed E-state index contributed by atoms with van der Waals surface area (Å²) in [5, 5.41) is 9.77. The van der Waals surface area contributed by atoms with Gasteiger partial charge >= 0.3 is 0 Å². The fraction of sp³-hybridized carbons (Fsp3) is 0.348. The van der Waals surface area contributed by atoms with Gasteiger partial charge in [0.05, 0.1) is 13.2 Å². The number of amides is 1. The molecule has 5 nitrogen and oxygen atoms in total. The average molecular weight is 378 g/mol. The number of aryl methyl sites for hydroxylation is 1. The molecule has 1 aliphatic heterocycles. The minimum absolute atomic E-state index is 0.340. The summed E-state index contributed by atoms with van der Waals surface area (Å²) in [5.41, 5.74) is 4.44. The predicted molar refractivity (Wildman–Crippen MR) is 108 cm³/mol. The van der Waals surface area contributed by atoms with E-state index in [1.54, 1.807) is 0 Å². The minimum atomic E-state index is 0.340. The summed E-state index contributed by atoms with van der Waals surface area (Å²) < 4.78 is 5.39. The number of hydrogen-bond donors (Lipinski definition) is 1. The fourth-order valence-corrected chi connectivity index (χ4v) is 3.11. The second-order valence-electron chi connectivity index (χ2n) is 6.90. The largest absolute Gasteiger partial charge is 0.379 e. The molecular formula is C23H26N2O3. The van der Waals surface area contributed by atoms with Crippen LogP contribution in [-0.4, -0.2) is 54.4 Å². The predicted octanol–water partition coefficient (Wildman–Crippen LogP) is 2.70. The number of hydroxylamine groups is 2.